The molecule has 1 aliphatic rings. The lowest BCUT2D eigenvalue weighted by molar-refractivity contribution is -0.122. The van der Waals surface area contributed by atoms with E-state index in [1.54, 1.807) is 35.2 Å². The van der Waals surface area contributed by atoms with Gasteiger partial charge in [0.2, 0.25) is 0 Å². The van der Waals surface area contributed by atoms with Crippen molar-refractivity contribution < 1.29 is 19.0 Å². The molecule has 0 unspecified atom stereocenters. The number of hydrogen-bond donors (Lipinski definition) is 0. The van der Waals surface area contributed by atoms with Crippen LogP contribution in [0.2, 0.25) is 10.0 Å². The minimum atomic E-state index is -0.140. The zero-order chi connectivity index (χ0) is 25.7. The molecule has 0 saturated carbocycles. The number of thiocarbonyl (C=S) groups is 1. The van der Waals surface area contributed by atoms with E-state index >= 15 is 0 Å². The largest absolute Gasteiger partial charge is 0.493 e. The zero-order valence-electron chi connectivity index (χ0n) is 19.6. The van der Waals surface area contributed by atoms with Crippen molar-refractivity contribution in [3.05, 3.63) is 92.3 Å². The van der Waals surface area contributed by atoms with Gasteiger partial charge in [-0.2, -0.15) is 0 Å². The Morgan fingerprint density at radius 1 is 1.00 bits per heavy atom. The fourth-order valence-electron chi connectivity index (χ4n) is 3.53. The Morgan fingerprint density at radius 3 is 2.47 bits per heavy atom. The van der Waals surface area contributed by atoms with Crippen LogP contribution in [-0.2, 0) is 11.3 Å². The minimum absolute atomic E-state index is 0.140. The van der Waals surface area contributed by atoms with Crippen LogP contribution in [0.1, 0.15) is 16.7 Å². The number of rotatable bonds is 9. The third-order valence-electron chi connectivity index (χ3n) is 5.33. The highest BCUT2D eigenvalue weighted by atomic mass is 35.5. The van der Waals surface area contributed by atoms with E-state index in [0.29, 0.717) is 55.2 Å². The number of methoxy groups -OCH3 is 1. The van der Waals surface area contributed by atoms with Crippen LogP contribution in [0.3, 0.4) is 0 Å². The van der Waals surface area contributed by atoms with E-state index in [1.165, 1.54) is 18.9 Å². The number of ether oxygens (including phenoxy) is 3. The van der Waals surface area contributed by atoms with E-state index < -0.39 is 0 Å². The number of hydrogen-bond acceptors (Lipinski definition) is 6. The fraction of sp³-hybridized carbons (Fsp3) is 0.185. The van der Waals surface area contributed by atoms with Crippen LogP contribution in [0.4, 0.5) is 0 Å². The van der Waals surface area contributed by atoms with Crippen LogP contribution in [0, 0.1) is 6.92 Å². The summed E-state index contributed by atoms with van der Waals surface area (Å²) in [5, 5.41) is 1.05. The van der Waals surface area contributed by atoms with Gasteiger partial charge in [-0.1, -0.05) is 77.5 Å². The summed E-state index contributed by atoms with van der Waals surface area (Å²) in [6.07, 6.45) is 1.76. The molecule has 0 N–H and O–H groups in total. The first kappa shape index (κ1) is 26.4. The smallest absolute Gasteiger partial charge is 0.266 e. The minimum Gasteiger partial charge on any atom is -0.493 e. The van der Waals surface area contributed by atoms with Crippen molar-refractivity contribution in [3.8, 4) is 17.2 Å². The van der Waals surface area contributed by atoms with Gasteiger partial charge in [0, 0.05) is 5.02 Å². The normalized spacial score (nSPS) is 14.4. The zero-order valence-corrected chi connectivity index (χ0v) is 22.8. The van der Waals surface area contributed by atoms with Gasteiger partial charge in [0.1, 0.15) is 23.3 Å². The second kappa shape index (κ2) is 12.0. The maximum Gasteiger partial charge on any atom is 0.266 e. The number of aryl methyl sites for hydroxylation is 1. The van der Waals surface area contributed by atoms with Crippen molar-refractivity contribution in [3.63, 3.8) is 0 Å². The summed E-state index contributed by atoms with van der Waals surface area (Å²) in [5.74, 6) is 1.43. The van der Waals surface area contributed by atoms with Gasteiger partial charge in [-0.05, 0) is 60.0 Å². The average Bonchev–Trinajstić information content (AvgIpc) is 3.12. The molecule has 36 heavy (non-hydrogen) atoms. The summed E-state index contributed by atoms with van der Waals surface area (Å²) in [6.45, 7) is 2.91. The molecular formula is C27H23Cl2NO4S2. The Bertz CT molecular complexity index is 1310. The Kier molecular flexibility index (Phi) is 8.80. The molecule has 186 valence electrons. The van der Waals surface area contributed by atoms with Gasteiger partial charge in [0.25, 0.3) is 5.91 Å². The molecule has 4 rings (SSSR count). The molecular weight excluding hydrogens is 537 g/mol. The van der Waals surface area contributed by atoms with Crippen LogP contribution in [0.25, 0.3) is 6.08 Å². The Morgan fingerprint density at radius 2 is 1.75 bits per heavy atom. The van der Waals surface area contributed by atoms with Gasteiger partial charge in [0.05, 0.1) is 23.6 Å². The summed E-state index contributed by atoms with van der Waals surface area (Å²) < 4.78 is 17.6. The van der Waals surface area contributed by atoms with E-state index in [4.69, 9.17) is 49.6 Å². The number of carbonyl (C=O) groups is 1. The van der Waals surface area contributed by atoms with Crippen LogP contribution in [0.15, 0.2) is 65.6 Å². The molecule has 0 bridgehead atoms. The summed E-state index contributed by atoms with van der Waals surface area (Å²) >= 11 is 19.3. The SMILES string of the molecule is COc1cc(/C=C2\SC(=S)N(Cc3ccccc3)C2=O)cc(Cl)c1OCCOc1ccc(Cl)c(C)c1. The van der Waals surface area contributed by atoms with Crippen LogP contribution in [-0.4, -0.2) is 35.5 Å². The molecule has 1 aliphatic heterocycles. The Labute approximate surface area is 229 Å². The number of thioether (sulfide) groups is 1. The molecule has 1 amide bonds. The van der Waals surface area contributed by atoms with E-state index in [-0.39, 0.29) is 12.5 Å². The van der Waals surface area contributed by atoms with Crippen molar-refractivity contribution in [2.24, 2.45) is 0 Å². The standard InChI is InChI=1S/C27H23Cl2NO4S2/c1-17-12-20(8-9-21(17)28)33-10-11-34-25-22(29)13-19(14-23(25)32-2)15-24-26(31)30(27(35)36-24)16-18-6-4-3-5-7-18/h3-9,12-15H,10-11,16H2,1-2H3/b24-15-. The van der Waals surface area contributed by atoms with E-state index in [9.17, 15) is 4.79 Å². The summed E-state index contributed by atoms with van der Waals surface area (Å²) in [6, 6.07) is 18.7. The van der Waals surface area contributed by atoms with Crippen LogP contribution < -0.4 is 14.2 Å². The number of halogens is 2. The van der Waals surface area contributed by atoms with Crippen molar-refractivity contribution in [1.29, 1.82) is 0 Å². The molecule has 1 fully saturated rings. The third kappa shape index (κ3) is 6.34. The first-order valence-corrected chi connectivity index (χ1v) is 13.0. The van der Waals surface area contributed by atoms with Crippen molar-refractivity contribution in [2.75, 3.05) is 20.3 Å². The molecule has 9 heteroatoms. The van der Waals surface area contributed by atoms with Crippen LogP contribution >= 0.6 is 47.2 Å². The van der Waals surface area contributed by atoms with E-state index in [1.807, 2.05) is 43.3 Å². The first-order valence-electron chi connectivity index (χ1n) is 11.0. The van der Waals surface area contributed by atoms with Gasteiger partial charge in [0.15, 0.2) is 11.5 Å². The lowest BCUT2D eigenvalue weighted by atomic mass is 10.1. The maximum atomic E-state index is 13.0. The first-order chi connectivity index (χ1) is 17.4. The van der Waals surface area contributed by atoms with Gasteiger partial charge >= 0.3 is 0 Å². The number of amides is 1. The Hall–Kier alpha value is -2.71. The van der Waals surface area contributed by atoms with Gasteiger partial charge in [-0.3, -0.25) is 9.69 Å². The fourth-order valence-corrected chi connectivity index (χ4v) is 5.17. The van der Waals surface area contributed by atoms with Gasteiger partial charge in [-0.25, -0.2) is 0 Å². The molecule has 0 atom stereocenters. The number of benzene rings is 3. The lowest BCUT2D eigenvalue weighted by Crippen LogP contribution is -2.27. The highest BCUT2D eigenvalue weighted by molar-refractivity contribution is 8.26. The molecule has 0 spiro atoms. The third-order valence-corrected chi connectivity index (χ3v) is 7.42. The van der Waals surface area contributed by atoms with Gasteiger partial charge < -0.3 is 14.2 Å². The van der Waals surface area contributed by atoms with Gasteiger partial charge in [-0.15, -0.1) is 0 Å². The molecule has 5 nitrogen and oxygen atoms in total. The molecule has 3 aromatic rings. The van der Waals surface area contributed by atoms with E-state index in [0.717, 1.165) is 11.1 Å². The quantitative estimate of drug-likeness (QED) is 0.157. The molecule has 0 aromatic heterocycles. The average molecular weight is 561 g/mol. The second-order valence-corrected chi connectivity index (χ2v) is 10.4. The van der Waals surface area contributed by atoms with Crippen molar-refractivity contribution >= 4 is 63.5 Å². The second-order valence-electron chi connectivity index (χ2n) is 7.90. The predicted octanol–water partition coefficient (Wildman–Crippen LogP) is 7.17. The number of carbonyl (C=O) groups excluding carboxylic acids is 1. The van der Waals surface area contributed by atoms with Crippen molar-refractivity contribution in [1.82, 2.24) is 4.90 Å². The maximum absolute atomic E-state index is 13.0. The topological polar surface area (TPSA) is 48.0 Å². The number of nitrogens with zero attached hydrogens (tertiary/aromatic N) is 1. The molecule has 1 heterocycles. The molecule has 3 aromatic carbocycles. The molecule has 0 aliphatic carbocycles. The van der Waals surface area contributed by atoms with E-state index in [2.05, 4.69) is 0 Å². The molecule has 0 radical (unpaired) electrons. The lowest BCUT2D eigenvalue weighted by Gasteiger charge is -2.15. The monoisotopic (exact) mass is 559 g/mol. The highest BCUT2D eigenvalue weighted by Crippen LogP contribution is 2.39. The summed E-state index contributed by atoms with van der Waals surface area (Å²) in [5.41, 5.74) is 2.65. The van der Waals surface area contributed by atoms with Crippen molar-refractivity contribution in [2.45, 2.75) is 13.5 Å². The summed E-state index contributed by atoms with van der Waals surface area (Å²) in [4.78, 5) is 15.1. The molecule has 1 saturated heterocycles. The predicted molar refractivity (Wildman–Crippen MR) is 150 cm³/mol. The summed E-state index contributed by atoms with van der Waals surface area (Å²) in [7, 11) is 1.54. The van der Waals surface area contributed by atoms with Crippen LogP contribution in [0.5, 0.6) is 17.2 Å². The highest BCUT2D eigenvalue weighted by Gasteiger charge is 2.32. The Balaban J connectivity index is 1.42.